The van der Waals surface area contributed by atoms with Crippen molar-refractivity contribution in [3.63, 3.8) is 0 Å². The lowest BCUT2D eigenvalue weighted by atomic mass is 9.86. The van der Waals surface area contributed by atoms with Gasteiger partial charge in [-0.05, 0) is 69.7 Å². The van der Waals surface area contributed by atoms with E-state index in [2.05, 4.69) is 43.1 Å². The highest BCUT2D eigenvalue weighted by Gasteiger charge is 2.22. The monoisotopic (exact) mass is 332 g/mol. The second-order valence-electron chi connectivity index (χ2n) is 7.23. The predicted molar refractivity (Wildman–Crippen MR) is 98.0 cm³/mol. The Morgan fingerprint density at radius 2 is 1.83 bits per heavy atom. The van der Waals surface area contributed by atoms with Crippen molar-refractivity contribution in [2.75, 3.05) is 13.2 Å². The van der Waals surface area contributed by atoms with E-state index in [1.165, 1.54) is 5.56 Å². The van der Waals surface area contributed by atoms with Crippen LogP contribution in [0.2, 0.25) is 0 Å². The minimum absolute atomic E-state index is 0.0187. The van der Waals surface area contributed by atoms with E-state index in [4.69, 9.17) is 0 Å². The third kappa shape index (κ3) is 5.32. The van der Waals surface area contributed by atoms with Gasteiger partial charge in [0.05, 0.1) is 0 Å². The first-order chi connectivity index (χ1) is 11.5. The number of amides is 1. The summed E-state index contributed by atoms with van der Waals surface area (Å²) in [6.45, 7) is 8.80. The van der Waals surface area contributed by atoms with Gasteiger partial charge in [-0.15, -0.1) is 0 Å². The molecule has 1 aromatic rings. The fraction of sp³-hybridized carbons (Fsp3) is 0.650. The van der Waals surface area contributed by atoms with Crippen LogP contribution in [0, 0.1) is 5.92 Å². The summed E-state index contributed by atoms with van der Waals surface area (Å²) in [6, 6.07) is 8.74. The molecule has 0 heterocycles. The van der Waals surface area contributed by atoms with Crippen LogP contribution in [-0.2, 0) is 6.54 Å². The summed E-state index contributed by atoms with van der Waals surface area (Å²) >= 11 is 0. The lowest BCUT2D eigenvalue weighted by Gasteiger charge is -2.28. The smallest absolute Gasteiger partial charge is 0.251 e. The quantitative estimate of drug-likeness (QED) is 0.806. The highest BCUT2D eigenvalue weighted by Crippen LogP contribution is 2.24. The first-order valence-corrected chi connectivity index (χ1v) is 9.28. The molecule has 1 aliphatic carbocycles. The largest absolute Gasteiger partial charge is 0.396 e. The number of hydrogen-bond donors (Lipinski definition) is 2. The van der Waals surface area contributed by atoms with Crippen LogP contribution in [-0.4, -0.2) is 41.1 Å². The zero-order valence-electron chi connectivity index (χ0n) is 15.3. The lowest BCUT2D eigenvalue weighted by molar-refractivity contribution is 0.0914. The molecule has 0 atom stereocenters. The van der Waals surface area contributed by atoms with Gasteiger partial charge in [0.1, 0.15) is 0 Å². The molecule has 1 amide bonds. The molecule has 0 saturated heterocycles. The van der Waals surface area contributed by atoms with Crippen LogP contribution in [0.3, 0.4) is 0 Å². The van der Waals surface area contributed by atoms with E-state index in [0.717, 1.165) is 44.3 Å². The Hall–Kier alpha value is -1.39. The summed E-state index contributed by atoms with van der Waals surface area (Å²) in [7, 11) is 0. The molecule has 1 fully saturated rings. The number of carbonyl (C=O) groups excluding carboxylic acids is 1. The van der Waals surface area contributed by atoms with Gasteiger partial charge in [-0.2, -0.15) is 0 Å². The van der Waals surface area contributed by atoms with E-state index in [9.17, 15) is 9.90 Å². The molecule has 2 rings (SSSR count). The van der Waals surface area contributed by atoms with Gasteiger partial charge in [-0.3, -0.25) is 9.69 Å². The van der Waals surface area contributed by atoms with Crippen LogP contribution in [0.5, 0.6) is 0 Å². The number of aliphatic hydroxyl groups excluding tert-OH is 1. The van der Waals surface area contributed by atoms with Gasteiger partial charge in [-0.1, -0.05) is 19.1 Å². The van der Waals surface area contributed by atoms with E-state index in [1.54, 1.807) is 0 Å². The standard InChI is InChI=1S/C20H32N2O2/c1-4-22(15(2)3)13-16-5-9-18(10-6-16)20(24)21-19-11-7-17(14-23)8-12-19/h5-6,9-10,15,17,19,23H,4,7-8,11-14H2,1-3H3,(H,21,24). The van der Waals surface area contributed by atoms with Gasteiger partial charge in [0, 0.05) is 30.8 Å². The molecule has 0 aromatic heterocycles. The van der Waals surface area contributed by atoms with Gasteiger partial charge in [0.2, 0.25) is 0 Å². The average molecular weight is 332 g/mol. The second kappa shape index (κ2) is 9.19. The van der Waals surface area contributed by atoms with Crippen LogP contribution in [0.25, 0.3) is 0 Å². The zero-order chi connectivity index (χ0) is 17.5. The lowest BCUT2D eigenvalue weighted by Crippen LogP contribution is -2.38. The van der Waals surface area contributed by atoms with E-state index in [0.29, 0.717) is 12.0 Å². The van der Waals surface area contributed by atoms with Gasteiger partial charge in [0.25, 0.3) is 5.91 Å². The third-order valence-electron chi connectivity index (χ3n) is 5.18. The van der Waals surface area contributed by atoms with E-state index in [1.807, 2.05) is 12.1 Å². The molecule has 134 valence electrons. The minimum atomic E-state index is 0.0187. The molecule has 4 nitrogen and oxygen atoms in total. The molecule has 0 radical (unpaired) electrons. The molecule has 0 aliphatic heterocycles. The number of carbonyl (C=O) groups is 1. The van der Waals surface area contributed by atoms with Crippen LogP contribution >= 0.6 is 0 Å². The molecule has 4 heteroatoms. The Bertz CT molecular complexity index is 505. The molecule has 1 saturated carbocycles. The first kappa shape index (κ1) is 18.9. The van der Waals surface area contributed by atoms with Crippen molar-refractivity contribution in [1.82, 2.24) is 10.2 Å². The van der Waals surface area contributed by atoms with E-state index in [-0.39, 0.29) is 18.6 Å². The Kier molecular flexibility index (Phi) is 7.25. The minimum Gasteiger partial charge on any atom is -0.396 e. The fourth-order valence-corrected chi connectivity index (χ4v) is 3.41. The van der Waals surface area contributed by atoms with Gasteiger partial charge >= 0.3 is 0 Å². The van der Waals surface area contributed by atoms with Crippen LogP contribution < -0.4 is 5.32 Å². The Morgan fingerprint density at radius 1 is 1.21 bits per heavy atom. The maximum atomic E-state index is 12.4. The number of nitrogens with one attached hydrogen (secondary N) is 1. The average Bonchev–Trinajstić information content (AvgIpc) is 2.60. The van der Waals surface area contributed by atoms with E-state index >= 15 is 0 Å². The molecule has 1 aromatic carbocycles. The first-order valence-electron chi connectivity index (χ1n) is 9.28. The molecule has 1 aliphatic rings. The van der Waals surface area contributed by atoms with Gasteiger partial charge in [-0.25, -0.2) is 0 Å². The van der Waals surface area contributed by atoms with Crippen LogP contribution in [0.4, 0.5) is 0 Å². The summed E-state index contributed by atoms with van der Waals surface area (Å²) in [5.41, 5.74) is 1.97. The number of aliphatic hydroxyl groups is 1. The number of hydrogen-bond acceptors (Lipinski definition) is 3. The fourth-order valence-electron chi connectivity index (χ4n) is 3.41. The van der Waals surface area contributed by atoms with Gasteiger partial charge < -0.3 is 10.4 Å². The van der Waals surface area contributed by atoms with Crippen molar-refractivity contribution in [1.29, 1.82) is 0 Å². The highest BCUT2D eigenvalue weighted by molar-refractivity contribution is 5.94. The topological polar surface area (TPSA) is 52.6 Å². The number of rotatable bonds is 7. The molecule has 0 unspecified atom stereocenters. The van der Waals surface area contributed by atoms with Crippen molar-refractivity contribution < 1.29 is 9.90 Å². The molecule has 2 N–H and O–H groups in total. The summed E-state index contributed by atoms with van der Waals surface area (Å²) in [5.74, 6) is 0.435. The Labute approximate surface area is 146 Å². The summed E-state index contributed by atoms with van der Waals surface area (Å²) < 4.78 is 0. The Balaban J connectivity index is 1.87. The Morgan fingerprint density at radius 3 is 2.33 bits per heavy atom. The number of nitrogens with zero attached hydrogens (tertiary/aromatic N) is 1. The SMILES string of the molecule is CCN(Cc1ccc(C(=O)NC2CCC(CO)CC2)cc1)C(C)C. The second-order valence-corrected chi connectivity index (χ2v) is 7.23. The summed E-state index contributed by atoms with van der Waals surface area (Å²) in [5, 5.41) is 12.3. The van der Waals surface area contributed by atoms with Crippen LogP contribution in [0.1, 0.15) is 62.4 Å². The molecule has 0 spiro atoms. The van der Waals surface area contributed by atoms with Crippen molar-refractivity contribution >= 4 is 5.91 Å². The molecular formula is C20H32N2O2. The summed E-state index contributed by atoms with van der Waals surface area (Å²) in [4.78, 5) is 14.8. The summed E-state index contributed by atoms with van der Waals surface area (Å²) in [6.07, 6.45) is 3.94. The number of benzene rings is 1. The maximum Gasteiger partial charge on any atom is 0.251 e. The molecular weight excluding hydrogens is 300 g/mol. The molecule has 0 bridgehead atoms. The van der Waals surface area contributed by atoms with Gasteiger partial charge in [0.15, 0.2) is 0 Å². The van der Waals surface area contributed by atoms with Crippen molar-refractivity contribution in [3.8, 4) is 0 Å². The van der Waals surface area contributed by atoms with Crippen molar-refractivity contribution in [3.05, 3.63) is 35.4 Å². The molecule has 24 heavy (non-hydrogen) atoms. The maximum absolute atomic E-state index is 12.4. The van der Waals surface area contributed by atoms with Crippen molar-refractivity contribution in [2.24, 2.45) is 5.92 Å². The normalized spacial score (nSPS) is 21.2. The highest BCUT2D eigenvalue weighted by atomic mass is 16.3. The van der Waals surface area contributed by atoms with Crippen LogP contribution in [0.15, 0.2) is 24.3 Å². The van der Waals surface area contributed by atoms with Crippen molar-refractivity contribution in [2.45, 2.75) is 65.1 Å². The predicted octanol–water partition coefficient (Wildman–Crippen LogP) is 3.20. The zero-order valence-corrected chi connectivity index (χ0v) is 15.3. The third-order valence-corrected chi connectivity index (χ3v) is 5.18. The van der Waals surface area contributed by atoms with E-state index < -0.39 is 0 Å².